The van der Waals surface area contributed by atoms with E-state index in [2.05, 4.69) is 129 Å². The lowest BCUT2D eigenvalue weighted by Crippen LogP contribution is -2.28. The van der Waals surface area contributed by atoms with Gasteiger partial charge in [-0.15, -0.1) is 0 Å². The molecule has 91 heavy (non-hydrogen) atoms. The van der Waals surface area contributed by atoms with Crippen LogP contribution in [0.5, 0.6) is 0 Å². The Morgan fingerprint density at radius 3 is 1.22 bits per heavy atom. The fourth-order valence-corrected chi connectivity index (χ4v) is 7.74. The molecule has 3 aromatic heterocycles. The molecule has 0 aliphatic heterocycles. The van der Waals surface area contributed by atoms with Gasteiger partial charge in [-0.1, -0.05) is 174 Å². The van der Waals surface area contributed by atoms with Crippen molar-refractivity contribution >= 4 is 46.9 Å². The summed E-state index contributed by atoms with van der Waals surface area (Å²) in [6.45, 7) is 73.0. The molecule has 0 spiro atoms. The van der Waals surface area contributed by atoms with Gasteiger partial charge in [0.1, 0.15) is 5.82 Å². The highest BCUT2D eigenvalue weighted by atomic mass is 16.1. The van der Waals surface area contributed by atoms with Gasteiger partial charge in [0, 0.05) is 63.3 Å². The molecule has 3 aromatic rings. The van der Waals surface area contributed by atoms with Crippen molar-refractivity contribution in [3.05, 3.63) is 139 Å². The molecule has 3 aliphatic carbocycles. The van der Waals surface area contributed by atoms with Crippen LogP contribution in [0.15, 0.2) is 122 Å². The van der Waals surface area contributed by atoms with Gasteiger partial charge in [0.15, 0.2) is 34.7 Å². The van der Waals surface area contributed by atoms with Gasteiger partial charge in [-0.3, -0.25) is 38.1 Å². The molecule has 512 valence electrons. The largest absolute Gasteiger partial charge is 0.326 e. The van der Waals surface area contributed by atoms with E-state index >= 15 is 0 Å². The molecule has 0 saturated carbocycles. The van der Waals surface area contributed by atoms with Crippen LogP contribution in [-0.2, 0) is 45.4 Å². The van der Waals surface area contributed by atoms with Crippen molar-refractivity contribution in [2.75, 3.05) is 0 Å². The molecule has 12 nitrogen and oxygen atoms in total. The monoisotopic (exact) mass is 1260 g/mol. The van der Waals surface area contributed by atoms with Gasteiger partial charge >= 0.3 is 0 Å². The van der Waals surface area contributed by atoms with E-state index in [0.717, 1.165) is 78.9 Å². The lowest BCUT2D eigenvalue weighted by atomic mass is 9.74. The first-order chi connectivity index (χ1) is 40.9. The highest BCUT2D eigenvalue weighted by molar-refractivity contribution is 6.00. The molecular weight excluding hydrogens is 1130 g/mol. The maximum Gasteiger partial charge on any atom is 0.163 e. The summed E-state index contributed by atoms with van der Waals surface area (Å²) in [5, 5.41) is 8.60. The van der Waals surface area contributed by atoms with Gasteiger partial charge in [0.25, 0.3) is 0 Å². The van der Waals surface area contributed by atoms with E-state index < -0.39 is 0 Å². The topological polar surface area (TPSA) is 156 Å². The first-order valence-electron chi connectivity index (χ1n) is 32.5. The van der Waals surface area contributed by atoms with Crippen LogP contribution >= 0.6 is 0 Å². The normalized spacial score (nSPS) is 14.8. The second-order valence-electron chi connectivity index (χ2n) is 32.8. The summed E-state index contributed by atoms with van der Waals surface area (Å²) in [4.78, 5) is 71.4. The Hall–Kier alpha value is -6.43. The van der Waals surface area contributed by atoms with E-state index in [1.807, 2.05) is 184 Å². The van der Waals surface area contributed by atoms with Crippen LogP contribution in [0.2, 0.25) is 0 Å². The number of imidazole rings is 1. The number of ketones is 6. The van der Waals surface area contributed by atoms with Gasteiger partial charge in [-0.25, -0.2) is 4.98 Å². The first kappa shape index (κ1) is 88.8. The highest BCUT2D eigenvalue weighted by Gasteiger charge is 2.31. The molecule has 3 aliphatic rings. The zero-order valence-electron chi connectivity index (χ0n) is 63.5. The summed E-state index contributed by atoms with van der Waals surface area (Å²) in [5.74, 6) is 2.61. The van der Waals surface area contributed by atoms with E-state index in [0.29, 0.717) is 17.3 Å². The van der Waals surface area contributed by atoms with Gasteiger partial charge in [-0.05, 0) is 200 Å². The average molecular weight is 1260 g/mol. The van der Waals surface area contributed by atoms with Gasteiger partial charge in [0.2, 0.25) is 0 Å². The maximum absolute atomic E-state index is 11.6. The van der Waals surface area contributed by atoms with E-state index in [1.165, 1.54) is 6.08 Å². The predicted octanol–water partition coefficient (Wildman–Crippen LogP) is 20.6. The second-order valence-corrected chi connectivity index (χ2v) is 32.8. The highest BCUT2D eigenvalue weighted by Crippen LogP contribution is 2.33. The average Bonchev–Trinajstić information content (AvgIpc) is 2.68. The number of carbonyl (C=O) groups excluding carboxylic acids is 6. The summed E-state index contributed by atoms with van der Waals surface area (Å²) in [6, 6.07) is 3.98. The van der Waals surface area contributed by atoms with Crippen LogP contribution in [0.25, 0.3) is 12.2 Å². The van der Waals surface area contributed by atoms with Gasteiger partial charge < -0.3 is 4.57 Å². The van der Waals surface area contributed by atoms with Crippen LogP contribution in [-0.4, -0.2) is 63.8 Å². The lowest BCUT2D eigenvalue weighted by molar-refractivity contribution is -0.123. The molecule has 0 amide bonds. The third-order valence-electron chi connectivity index (χ3n) is 13.7. The van der Waals surface area contributed by atoms with Crippen LogP contribution < -0.4 is 0 Å². The Morgan fingerprint density at radius 2 is 1.01 bits per heavy atom. The standard InChI is InChI=1S/2C10H16O.2C9H14N2.C9H14O.C9H16O.C8H14N2.C8H14O.C7H12O/c1-10(2,3)8-6-4-5-7-9(8)11;1-10(2,3)9(11)8-6-4-5-7-8;1-5-8-10-6-7-11(8)9(2,3)4;1-5-8-6-7-11(10-8)9(2,3)4;1-9(2,3)8(10)7-5-4-6-7;1-7(2)6-8(10)9(3,4)5;1-7-5-6-10(9-7)8(2,3)4;1-5-6-7(9)8(2,3)4;1-5-6(8)7(2,3)4/h5,7-8H,4,6H2,1-3H3;6H,4-5,7H2,1-3H3;2*5-7H,1H2,2-4H3;5H,4,6H2,1-3H3;6H,1-5H3;5-6H,1-4H3;5-6H,1-4H3;5H,1H2,2-4H3/b;;;;;;;6-5+;. The number of rotatable bonds is 7. The van der Waals surface area contributed by atoms with Crippen LogP contribution in [0.4, 0.5) is 0 Å². The van der Waals surface area contributed by atoms with Crippen LogP contribution in [0, 0.1) is 45.3 Å². The number of carbonyl (C=O) groups is 6. The molecule has 0 aromatic carbocycles. The minimum atomic E-state index is -0.248. The molecule has 0 radical (unpaired) electrons. The van der Waals surface area contributed by atoms with Crippen molar-refractivity contribution in [1.82, 2.24) is 29.1 Å². The Morgan fingerprint density at radius 1 is 0.549 bits per heavy atom. The number of hydrogen-bond acceptors (Lipinski definition) is 9. The van der Waals surface area contributed by atoms with Gasteiger partial charge in [-0.2, -0.15) is 10.2 Å². The fraction of sp³-hybridized carbons (Fsp3) is 0.608. The Balaban J connectivity index is -0.000000959. The minimum Gasteiger partial charge on any atom is -0.326 e. The fourth-order valence-electron chi connectivity index (χ4n) is 7.74. The van der Waals surface area contributed by atoms with Crippen molar-refractivity contribution in [1.29, 1.82) is 0 Å². The first-order valence-corrected chi connectivity index (χ1v) is 32.5. The third-order valence-corrected chi connectivity index (χ3v) is 13.7. The molecule has 0 fully saturated rings. The Kier molecular flexibility index (Phi) is 37.6. The number of aromatic nitrogens is 6. The quantitative estimate of drug-likeness (QED) is 0.210. The summed E-state index contributed by atoms with van der Waals surface area (Å²) in [6.07, 6.45) is 33.0. The van der Waals surface area contributed by atoms with Gasteiger partial charge in [0.05, 0.1) is 22.5 Å². The molecular formula is C79H130N6O6. The SMILES string of the molecule is C/C=C/C(=O)C(C)(C)C.C=CC(=O)C(C)(C)C.C=Cc1ccn(C(C)(C)C)n1.C=Cc1nccn1C(C)(C)C.CC(C)(C)C(=O)C1=CCC1.CC(C)(C)C(=O)C1=CCCC1.CC(C)(C)C1CCC=CC1=O.CC(C)=CC(=O)C(C)(C)C.Cc1ccn(C(C)(C)C)n1. The summed E-state index contributed by atoms with van der Waals surface area (Å²) >= 11 is 0. The molecule has 1 atom stereocenters. The number of nitrogens with zero attached hydrogens (tertiary/aromatic N) is 6. The van der Waals surface area contributed by atoms with E-state index in [9.17, 15) is 28.8 Å². The maximum atomic E-state index is 11.6. The molecule has 0 saturated heterocycles. The van der Waals surface area contributed by atoms with E-state index in [1.54, 1.807) is 42.7 Å². The van der Waals surface area contributed by atoms with Crippen molar-refractivity contribution in [3.63, 3.8) is 0 Å². The minimum absolute atomic E-state index is 0.0707. The number of allylic oxidation sites excluding steroid dienone is 11. The number of aryl methyl sites for hydroxylation is 1. The lowest BCUT2D eigenvalue weighted by Gasteiger charge is -2.29. The van der Waals surface area contributed by atoms with E-state index in [4.69, 9.17) is 0 Å². The Bertz CT molecular complexity index is 2940. The molecule has 0 N–H and O–H groups in total. The summed E-state index contributed by atoms with van der Waals surface area (Å²) in [7, 11) is 0. The zero-order chi connectivity index (χ0) is 72.1. The third kappa shape index (κ3) is 38.3. The molecule has 0 bridgehead atoms. The zero-order valence-corrected chi connectivity index (χ0v) is 63.5. The predicted molar refractivity (Wildman–Crippen MR) is 389 cm³/mol. The van der Waals surface area contributed by atoms with Crippen LogP contribution in [0.1, 0.15) is 270 Å². The van der Waals surface area contributed by atoms with Crippen molar-refractivity contribution in [2.24, 2.45) is 38.4 Å². The van der Waals surface area contributed by atoms with Crippen molar-refractivity contribution in [2.45, 2.75) is 276 Å². The molecule has 12 heteroatoms. The number of Topliss-reactive ketones (excluding diaryl/α,β-unsaturated/α-hetero) is 2. The summed E-state index contributed by atoms with van der Waals surface area (Å²) < 4.78 is 6.01. The Labute approximate surface area is 555 Å². The smallest absolute Gasteiger partial charge is 0.163 e. The molecule has 3 heterocycles. The van der Waals surface area contributed by atoms with Crippen molar-refractivity contribution < 1.29 is 28.8 Å². The number of hydrogen-bond donors (Lipinski definition) is 0. The second kappa shape index (κ2) is 38.6. The molecule has 1 unspecified atom stereocenters. The van der Waals surface area contributed by atoms with Crippen molar-refractivity contribution in [3.8, 4) is 0 Å². The van der Waals surface area contributed by atoms with Crippen LogP contribution in [0.3, 0.4) is 0 Å². The van der Waals surface area contributed by atoms with E-state index in [-0.39, 0.29) is 72.4 Å². The summed E-state index contributed by atoms with van der Waals surface area (Å²) in [5.41, 5.74) is 4.55. The molecule has 6 rings (SSSR count).